The lowest BCUT2D eigenvalue weighted by molar-refractivity contribution is -0.104. The van der Waals surface area contributed by atoms with Gasteiger partial charge in [0.15, 0.2) is 0 Å². The van der Waals surface area contributed by atoms with Crippen LogP contribution in [0.1, 0.15) is 4.88 Å². The van der Waals surface area contributed by atoms with Crippen molar-refractivity contribution in [2.24, 2.45) is 0 Å². The smallest absolute Gasteiger partial charge is 0.146 e. The van der Waals surface area contributed by atoms with Crippen LogP contribution < -0.4 is 0 Å². The van der Waals surface area contributed by atoms with Crippen LogP contribution in [0.3, 0.4) is 0 Å². The summed E-state index contributed by atoms with van der Waals surface area (Å²) in [6, 6.07) is 14.1. The molecule has 0 N–H and O–H groups in total. The second-order valence-electron chi connectivity index (χ2n) is 3.45. The second kappa shape index (κ2) is 6.42. The molecule has 3 heteroatoms. The molecule has 0 saturated heterocycles. The predicted octanol–water partition coefficient (Wildman–Crippen LogP) is 4.12. The van der Waals surface area contributed by atoms with Crippen molar-refractivity contribution in [1.82, 2.24) is 0 Å². The minimum Gasteiger partial charge on any atom is -0.298 e. The van der Waals surface area contributed by atoms with Crippen LogP contribution in [-0.4, -0.2) is 12.0 Å². The molecule has 2 aromatic rings. The van der Waals surface area contributed by atoms with Gasteiger partial charge in [-0.3, -0.25) is 4.79 Å². The van der Waals surface area contributed by atoms with Crippen molar-refractivity contribution < 1.29 is 4.79 Å². The summed E-state index contributed by atoms with van der Waals surface area (Å²) in [6.07, 6.45) is 2.89. The first-order valence-corrected chi connectivity index (χ1v) is 7.12. The SMILES string of the molecule is O=C/C(=C/c1cccs1)CSc1ccccc1. The maximum atomic E-state index is 11.0. The lowest BCUT2D eigenvalue weighted by atomic mass is 10.3. The van der Waals surface area contributed by atoms with Gasteiger partial charge in [0.25, 0.3) is 0 Å². The van der Waals surface area contributed by atoms with E-state index in [1.54, 1.807) is 23.1 Å². The summed E-state index contributed by atoms with van der Waals surface area (Å²) in [6.45, 7) is 0. The number of carbonyl (C=O) groups is 1. The van der Waals surface area contributed by atoms with Gasteiger partial charge >= 0.3 is 0 Å². The molecule has 0 saturated carbocycles. The highest BCUT2D eigenvalue weighted by atomic mass is 32.2. The summed E-state index contributed by atoms with van der Waals surface area (Å²) >= 11 is 3.32. The molecule has 1 nitrogen and oxygen atoms in total. The molecule has 1 heterocycles. The predicted molar refractivity (Wildman–Crippen MR) is 75.5 cm³/mol. The molecule has 0 aliphatic carbocycles. The summed E-state index contributed by atoms with van der Waals surface area (Å²) in [5.74, 6) is 0.714. The Labute approximate surface area is 109 Å². The normalized spacial score (nSPS) is 11.4. The van der Waals surface area contributed by atoms with E-state index in [-0.39, 0.29) is 0 Å². The first-order valence-electron chi connectivity index (χ1n) is 5.25. The first-order chi connectivity index (χ1) is 8.38. The van der Waals surface area contributed by atoms with Gasteiger partial charge in [-0.2, -0.15) is 0 Å². The maximum Gasteiger partial charge on any atom is 0.146 e. The molecule has 2 rings (SSSR count). The molecule has 0 radical (unpaired) electrons. The maximum absolute atomic E-state index is 11.0. The zero-order valence-corrected chi connectivity index (χ0v) is 10.8. The van der Waals surface area contributed by atoms with Gasteiger partial charge in [-0.25, -0.2) is 0 Å². The van der Waals surface area contributed by atoms with Gasteiger partial charge < -0.3 is 0 Å². The highest BCUT2D eigenvalue weighted by Crippen LogP contribution is 2.21. The van der Waals surface area contributed by atoms with Crippen LogP contribution >= 0.6 is 23.1 Å². The standard InChI is InChI=1S/C14H12OS2/c15-10-12(9-14-7-4-8-16-14)11-17-13-5-2-1-3-6-13/h1-10H,11H2/b12-9-. The van der Waals surface area contributed by atoms with E-state index in [2.05, 4.69) is 12.1 Å². The van der Waals surface area contributed by atoms with E-state index < -0.39 is 0 Å². The van der Waals surface area contributed by atoms with E-state index in [0.29, 0.717) is 5.75 Å². The minimum absolute atomic E-state index is 0.714. The first kappa shape index (κ1) is 12.1. The Bertz CT molecular complexity index is 486. The highest BCUT2D eigenvalue weighted by Gasteiger charge is 1.99. The number of hydrogen-bond acceptors (Lipinski definition) is 3. The average Bonchev–Trinajstić information content (AvgIpc) is 2.88. The molecule has 0 aliphatic heterocycles. The Hall–Kier alpha value is -1.32. The van der Waals surface area contributed by atoms with Crippen LogP contribution in [0.15, 0.2) is 58.3 Å². The van der Waals surface area contributed by atoms with E-state index in [9.17, 15) is 4.79 Å². The molecule has 1 aromatic carbocycles. The van der Waals surface area contributed by atoms with Crippen LogP contribution in [0.5, 0.6) is 0 Å². The largest absolute Gasteiger partial charge is 0.298 e. The molecule has 0 atom stereocenters. The zero-order valence-electron chi connectivity index (χ0n) is 9.21. The van der Waals surface area contributed by atoms with E-state index in [1.165, 1.54) is 4.90 Å². The van der Waals surface area contributed by atoms with Gasteiger partial charge in [0, 0.05) is 21.1 Å². The van der Waals surface area contributed by atoms with Gasteiger partial charge in [0.1, 0.15) is 6.29 Å². The third-order valence-corrected chi connectivity index (χ3v) is 4.07. The Balaban J connectivity index is 1.99. The number of benzene rings is 1. The van der Waals surface area contributed by atoms with E-state index in [0.717, 1.165) is 16.7 Å². The zero-order chi connectivity index (χ0) is 11.9. The number of hydrogen-bond donors (Lipinski definition) is 0. The second-order valence-corrected chi connectivity index (χ2v) is 5.48. The lowest BCUT2D eigenvalue weighted by Crippen LogP contribution is -1.88. The fourth-order valence-electron chi connectivity index (χ4n) is 1.35. The molecule has 0 aliphatic rings. The summed E-state index contributed by atoms with van der Waals surface area (Å²) in [7, 11) is 0. The molecule has 0 amide bonds. The van der Waals surface area contributed by atoms with E-state index in [4.69, 9.17) is 0 Å². The van der Waals surface area contributed by atoms with Gasteiger partial charge in [0.2, 0.25) is 0 Å². The van der Waals surface area contributed by atoms with Crippen LogP contribution in [0.2, 0.25) is 0 Å². The molecule has 0 unspecified atom stereocenters. The number of rotatable bonds is 5. The van der Waals surface area contributed by atoms with Crippen LogP contribution in [0, 0.1) is 0 Å². The Morgan fingerprint density at radius 3 is 2.65 bits per heavy atom. The van der Waals surface area contributed by atoms with Crippen molar-refractivity contribution in [2.45, 2.75) is 4.90 Å². The molecule has 0 bridgehead atoms. The third-order valence-electron chi connectivity index (χ3n) is 2.17. The summed E-state index contributed by atoms with van der Waals surface area (Å²) in [5.41, 5.74) is 0.821. The minimum atomic E-state index is 0.714. The molecule has 0 spiro atoms. The van der Waals surface area contributed by atoms with Crippen molar-refractivity contribution in [3.63, 3.8) is 0 Å². The summed E-state index contributed by atoms with van der Waals surface area (Å²) < 4.78 is 0. The molecular formula is C14H12OS2. The van der Waals surface area contributed by atoms with Gasteiger partial charge in [0.05, 0.1) is 0 Å². The average molecular weight is 260 g/mol. The van der Waals surface area contributed by atoms with Crippen LogP contribution in [0.4, 0.5) is 0 Å². The van der Waals surface area contributed by atoms with Gasteiger partial charge in [-0.15, -0.1) is 23.1 Å². The topological polar surface area (TPSA) is 17.1 Å². The molecule has 0 fully saturated rings. The Kier molecular flexibility index (Phi) is 4.59. The van der Waals surface area contributed by atoms with Gasteiger partial charge in [-0.1, -0.05) is 24.3 Å². The molecular weight excluding hydrogens is 248 g/mol. The van der Waals surface area contributed by atoms with Crippen molar-refractivity contribution >= 4 is 35.5 Å². The fraction of sp³-hybridized carbons (Fsp3) is 0.0714. The monoisotopic (exact) mass is 260 g/mol. The number of aldehydes is 1. The van der Waals surface area contributed by atoms with E-state index >= 15 is 0 Å². The van der Waals surface area contributed by atoms with Crippen molar-refractivity contribution in [2.75, 3.05) is 5.75 Å². The molecule has 86 valence electrons. The number of thioether (sulfide) groups is 1. The summed E-state index contributed by atoms with van der Waals surface area (Å²) in [5, 5.41) is 2.01. The molecule has 1 aromatic heterocycles. The van der Waals surface area contributed by atoms with Crippen molar-refractivity contribution in [3.8, 4) is 0 Å². The number of thiophene rings is 1. The Morgan fingerprint density at radius 2 is 2.00 bits per heavy atom. The highest BCUT2D eigenvalue weighted by molar-refractivity contribution is 7.99. The van der Waals surface area contributed by atoms with Crippen molar-refractivity contribution in [3.05, 3.63) is 58.3 Å². The van der Waals surface area contributed by atoms with Gasteiger partial charge in [-0.05, 0) is 29.7 Å². The lowest BCUT2D eigenvalue weighted by Gasteiger charge is -2.00. The quantitative estimate of drug-likeness (QED) is 0.457. The van der Waals surface area contributed by atoms with Crippen LogP contribution in [0.25, 0.3) is 6.08 Å². The van der Waals surface area contributed by atoms with Crippen LogP contribution in [-0.2, 0) is 4.79 Å². The van der Waals surface area contributed by atoms with E-state index in [1.807, 2.05) is 41.8 Å². The summed E-state index contributed by atoms with van der Waals surface area (Å²) in [4.78, 5) is 13.3. The number of carbonyl (C=O) groups excluding carboxylic acids is 1. The third kappa shape index (κ3) is 3.88. The fourth-order valence-corrected chi connectivity index (χ4v) is 2.87. The molecule has 17 heavy (non-hydrogen) atoms. The Morgan fingerprint density at radius 1 is 1.18 bits per heavy atom. The van der Waals surface area contributed by atoms with Crippen molar-refractivity contribution in [1.29, 1.82) is 0 Å².